The van der Waals surface area contributed by atoms with Gasteiger partial charge in [0.2, 0.25) is 0 Å². The minimum atomic E-state index is -0.826. The molecular weight excluding hydrogens is 248 g/mol. The highest BCUT2D eigenvalue weighted by Crippen LogP contribution is 2.11. The summed E-state index contributed by atoms with van der Waals surface area (Å²) in [5, 5.41) is 7.61. The zero-order valence-corrected chi connectivity index (χ0v) is 11.1. The number of aromatic nitrogens is 2. The number of benzene rings is 1. The van der Waals surface area contributed by atoms with Crippen LogP contribution in [0.5, 0.6) is 0 Å². The second-order valence-electron chi connectivity index (χ2n) is 4.47. The average molecular weight is 265 g/mol. The van der Waals surface area contributed by atoms with Crippen LogP contribution in [0.2, 0.25) is 0 Å². The van der Waals surface area contributed by atoms with Crippen LogP contribution in [0, 0.1) is 18.6 Å². The van der Waals surface area contributed by atoms with Crippen LogP contribution in [0.25, 0.3) is 0 Å². The molecule has 0 atom stereocenters. The average Bonchev–Trinajstić information content (AvgIpc) is 2.72. The molecule has 1 aromatic heterocycles. The second-order valence-corrected chi connectivity index (χ2v) is 4.47. The van der Waals surface area contributed by atoms with Gasteiger partial charge in [0.15, 0.2) is 11.6 Å². The molecule has 102 valence electrons. The van der Waals surface area contributed by atoms with Gasteiger partial charge in [-0.05, 0) is 31.2 Å². The van der Waals surface area contributed by atoms with Gasteiger partial charge in [0.1, 0.15) is 0 Å². The van der Waals surface area contributed by atoms with E-state index in [9.17, 15) is 8.78 Å². The van der Waals surface area contributed by atoms with E-state index in [-0.39, 0.29) is 0 Å². The smallest absolute Gasteiger partial charge is 0.159 e. The molecular formula is C14H17F2N3. The number of aryl methyl sites for hydroxylation is 1. The van der Waals surface area contributed by atoms with E-state index < -0.39 is 11.6 Å². The molecule has 0 unspecified atom stereocenters. The van der Waals surface area contributed by atoms with Crippen LogP contribution in [0.1, 0.15) is 23.7 Å². The Morgan fingerprint density at radius 2 is 2.05 bits per heavy atom. The van der Waals surface area contributed by atoms with Gasteiger partial charge in [-0.25, -0.2) is 8.78 Å². The molecule has 2 aromatic rings. The van der Waals surface area contributed by atoms with Crippen molar-refractivity contribution in [3.05, 3.63) is 52.9 Å². The van der Waals surface area contributed by atoms with Gasteiger partial charge in [0.05, 0.1) is 12.2 Å². The molecule has 1 heterocycles. The Bertz CT molecular complexity index is 564. The van der Waals surface area contributed by atoms with Gasteiger partial charge >= 0.3 is 0 Å². The normalized spacial score (nSPS) is 10.9. The Kier molecular flexibility index (Phi) is 4.27. The predicted molar refractivity (Wildman–Crippen MR) is 69.8 cm³/mol. The minimum Gasteiger partial charge on any atom is -0.313 e. The first-order valence-corrected chi connectivity index (χ1v) is 6.27. The van der Waals surface area contributed by atoms with Gasteiger partial charge in [-0.15, -0.1) is 0 Å². The molecule has 19 heavy (non-hydrogen) atoms. The van der Waals surface area contributed by atoms with Gasteiger partial charge in [-0.1, -0.05) is 13.0 Å². The Morgan fingerprint density at radius 3 is 2.74 bits per heavy atom. The highest BCUT2D eigenvalue weighted by molar-refractivity contribution is 5.20. The quantitative estimate of drug-likeness (QED) is 0.900. The number of hydrogen-bond acceptors (Lipinski definition) is 2. The Hall–Kier alpha value is -1.75. The fraction of sp³-hybridized carbons (Fsp3) is 0.357. The lowest BCUT2D eigenvalue weighted by atomic mass is 10.2. The van der Waals surface area contributed by atoms with E-state index in [0.29, 0.717) is 12.1 Å². The highest BCUT2D eigenvalue weighted by Gasteiger charge is 2.07. The van der Waals surface area contributed by atoms with Gasteiger partial charge in [0.25, 0.3) is 0 Å². The summed E-state index contributed by atoms with van der Waals surface area (Å²) in [5.41, 5.74) is 2.75. The van der Waals surface area contributed by atoms with E-state index in [4.69, 9.17) is 0 Å². The van der Waals surface area contributed by atoms with Crippen molar-refractivity contribution in [3.63, 3.8) is 0 Å². The standard InChI is InChI=1S/C14H17F2N3/c1-3-17-7-12-9-19(18-10(12)2)8-11-4-5-13(15)14(16)6-11/h4-6,9,17H,3,7-8H2,1-2H3. The van der Waals surface area contributed by atoms with Crippen LogP contribution in [-0.4, -0.2) is 16.3 Å². The zero-order chi connectivity index (χ0) is 13.8. The molecule has 0 saturated carbocycles. The van der Waals surface area contributed by atoms with Crippen LogP contribution in [0.4, 0.5) is 8.78 Å². The predicted octanol–water partition coefficient (Wildman–Crippen LogP) is 2.63. The first-order chi connectivity index (χ1) is 9.10. The van der Waals surface area contributed by atoms with Crippen molar-refractivity contribution in [2.45, 2.75) is 26.9 Å². The molecule has 2 rings (SSSR count). The topological polar surface area (TPSA) is 29.9 Å². The van der Waals surface area contributed by atoms with Crippen molar-refractivity contribution in [1.29, 1.82) is 0 Å². The van der Waals surface area contributed by atoms with Crippen molar-refractivity contribution < 1.29 is 8.78 Å². The summed E-state index contributed by atoms with van der Waals surface area (Å²) in [7, 11) is 0. The van der Waals surface area contributed by atoms with Crippen molar-refractivity contribution in [1.82, 2.24) is 15.1 Å². The van der Waals surface area contributed by atoms with Crippen molar-refractivity contribution in [2.75, 3.05) is 6.54 Å². The Labute approximate surface area is 111 Å². The van der Waals surface area contributed by atoms with E-state index in [1.54, 1.807) is 10.7 Å². The van der Waals surface area contributed by atoms with Gasteiger partial charge < -0.3 is 5.32 Å². The lowest BCUT2D eigenvalue weighted by molar-refractivity contribution is 0.505. The van der Waals surface area contributed by atoms with Crippen LogP contribution in [0.15, 0.2) is 24.4 Å². The molecule has 0 aliphatic heterocycles. The van der Waals surface area contributed by atoms with Crippen molar-refractivity contribution in [2.24, 2.45) is 0 Å². The SMILES string of the molecule is CCNCc1cn(Cc2ccc(F)c(F)c2)nc1C. The summed E-state index contributed by atoms with van der Waals surface area (Å²) < 4.78 is 27.7. The molecule has 1 aromatic carbocycles. The third-order valence-electron chi connectivity index (χ3n) is 2.94. The second kappa shape index (κ2) is 5.93. The van der Waals surface area contributed by atoms with E-state index >= 15 is 0 Å². The van der Waals surface area contributed by atoms with E-state index in [0.717, 1.165) is 30.4 Å². The summed E-state index contributed by atoms with van der Waals surface area (Å²) >= 11 is 0. The largest absolute Gasteiger partial charge is 0.313 e. The highest BCUT2D eigenvalue weighted by atomic mass is 19.2. The molecule has 0 fully saturated rings. The maximum Gasteiger partial charge on any atom is 0.159 e. The third kappa shape index (κ3) is 3.38. The monoisotopic (exact) mass is 265 g/mol. The van der Waals surface area contributed by atoms with Crippen molar-refractivity contribution in [3.8, 4) is 0 Å². The fourth-order valence-electron chi connectivity index (χ4n) is 1.90. The number of rotatable bonds is 5. The van der Waals surface area contributed by atoms with E-state index in [2.05, 4.69) is 10.4 Å². The molecule has 0 saturated heterocycles. The maximum atomic E-state index is 13.1. The summed E-state index contributed by atoms with van der Waals surface area (Å²) in [6.45, 7) is 6.08. The first-order valence-electron chi connectivity index (χ1n) is 6.27. The third-order valence-corrected chi connectivity index (χ3v) is 2.94. The van der Waals surface area contributed by atoms with E-state index in [1.165, 1.54) is 6.07 Å². The molecule has 0 spiro atoms. The van der Waals surface area contributed by atoms with Gasteiger partial charge in [-0.3, -0.25) is 4.68 Å². The molecule has 0 bridgehead atoms. The molecule has 0 aliphatic rings. The van der Waals surface area contributed by atoms with Gasteiger partial charge in [0, 0.05) is 18.3 Å². The minimum absolute atomic E-state index is 0.435. The summed E-state index contributed by atoms with van der Waals surface area (Å²) in [4.78, 5) is 0. The molecule has 5 heteroatoms. The summed E-state index contributed by atoms with van der Waals surface area (Å²) in [6.07, 6.45) is 1.93. The lowest BCUT2D eigenvalue weighted by Gasteiger charge is -2.02. The molecule has 0 radical (unpaired) electrons. The molecule has 0 aliphatic carbocycles. The molecule has 3 nitrogen and oxygen atoms in total. The Morgan fingerprint density at radius 1 is 1.26 bits per heavy atom. The van der Waals surface area contributed by atoms with Crippen LogP contribution in [0.3, 0.4) is 0 Å². The van der Waals surface area contributed by atoms with Crippen LogP contribution < -0.4 is 5.32 Å². The number of nitrogens with one attached hydrogen (secondary N) is 1. The number of hydrogen-bond donors (Lipinski definition) is 1. The number of halogens is 2. The van der Waals surface area contributed by atoms with Gasteiger partial charge in [-0.2, -0.15) is 5.10 Å². The maximum absolute atomic E-state index is 13.1. The van der Waals surface area contributed by atoms with Crippen LogP contribution in [-0.2, 0) is 13.1 Å². The fourth-order valence-corrected chi connectivity index (χ4v) is 1.90. The summed E-state index contributed by atoms with van der Waals surface area (Å²) in [5.74, 6) is -1.65. The van der Waals surface area contributed by atoms with Crippen LogP contribution >= 0.6 is 0 Å². The lowest BCUT2D eigenvalue weighted by Crippen LogP contribution is -2.11. The molecule has 0 amide bonds. The molecule has 1 N–H and O–H groups in total. The number of nitrogens with zero attached hydrogens (tertiary/aromatic N) is 2. The van der Waals surface area contributed by atoms with Crippen molar-refractivity contribution >= 4 is 0 Å². The van der Waals surface area contributed by atoms with E-state index in [1.807, 2.05) is 20.0 Å². The first kappa shape index (κ1) is 13.7. The zero-order valence-electron chi connectivity index (χ0n) is 11.1. The Balaban J connectivity index is 2.12. The summed E-state index contributed by atoms with van der Waals surface area (Å²) in [6, 6.07) is 3.91.